The van der Waals surface area contributed by atoms with Gasteiger partial charge < -0.3 is 11.1 Å². The lowest BCUT2D eigenvalue weighted by atomic mass is 9.89. The predicted octanol–water partition coefficient (Wildman–Crippen LogP) is 4.71. The summed E-state index contributed by atoms with van der Waals surface area (Å²) in [6.45, 7) is 3.77. The Hall–Kier alpha value is -2.05. The van der Waals surface area contributed by atoms with Gasteiger partial charge in [-0.3, -0.25) is 9.79 Å². The average molecular weight is 392 g/mol. The molecule has 0 saturated heterocycles. The van der Waals surface area contributed by atoms with Crippen LogP contribution < -0.4 is 11.1 Å². The van der Waals surface area contributed by atoms with Crippen LogP contribution in [0.5, 0.6) is 0 Å². The van der Waals surface area contributed by atoms with Gasteiger partial charge in [-0.05, 0) is 61.7 Å². The smallest absolute Gasteiger partial charge is 0.255 e. The second kappa shape index (κ2) is 7.29. The van der Waals surface area contributed by atoms with E-state index >= 15 is 0 Å². The molecule has 1 aliphatic heterocycles. The Labute approximate surface area is 161 Å². The van der Waals surface area contributed by atoms with E-state index in [0.717, 1.165) is 23.3 Å². The molecule has 0 aromatic heterocycles. The van der Waals surface area contributed by atoms with Gasteiger partial charge in [-0.1, -0.05) is 29.4 Å². The molecule has 7 heteroatoms. The molecule has 0 aliphatic carbocycles. The quantitative estimate of drug-likeness (QED) is 0.796. The van der Waals surface area contributed by atoms with Crippen molar-refractivity contribution < 1.29 is 9.18 Å². The lowest BCUT2D eigenvalue weighted by Gasteiger charge is -2.30. The van der Waals surface area contributed by atoms with E-state index in [-0.39, 0.29) is 5.69 Å². The average Bonchev–Trinajstić information content (AvgIpc) is 2.59. The first kappa shape index (κ1) is 18.7. The van der Waals surface area contributed by atoms with E-state index in [1.807, 2.05) is 13.8 Å². The predicted molar refractivity (Wildman–Crippen MR) is 107 cm³/mol. The number of hydrogen-bond donors (Lipinski definition) is 2. The number of aryl methyl sites for hydroxylation is 1. The maximum Gasteiger partial charge on any atom is 0.255 e. The van der Waals surface area contributed by atoms with Crippen LogP contribution in [-0.4, -0.2) is 16.8 Å². The first-order valence-electron chi connectivity index (χ1n) is 8.14. The summed E-state index contributed by atoms with van der Waals surface area (Å²) < 4.78 is 14.3. The van der Waals surface area contributed by atoms with E-state index in [1.165, 1.54) is 17.8 Å². The number of carbonyl (C=O) groups excluding carboxylic acids is 1. The second-order valence-electron chi connectivity index (χ2n) is 6.44. The maximum atomic E-state index is 14.3. The highest BCUT2D eigenvalue weighted by atomic mass is 35.5. The Morgan fingerprint density at radius 2 is 2.12 bits per heavy atom. The molecular formula is C19H19ClFN3OS. The molecule has 1 heterocycles. The fourth-order valence-corrected chi connectivity index (χ4v) is 3.92. The zero-order chi connectivity index (χ0) is 18.9. The van der Waals surface area contributed by atoms with Gasteiger partial charge in [0, 0.05) is 16.3 Å². The van der Waals surface area contributed by atoms with Gasteiger partial charge in [-0.15, -0.1) is 0 Å². The molecule has 1 atom stereocenters. The number of amides is 1. The van der Waals surface area contributed by atoms with E-state index in [4.69, 9.17) is 17.3 Å². The highest BCUT2D eigenvalue weighted by molar-refractivity contribution is 8.13. The standard InChI is InChI=1S/C19H19ClFN3OS/c1-11-9-12(3-5-14(11)20)17(25)23-16-10-13(4-6-15(16)21)19(2)7-8-26-18(22)24-19/h3-6,9-10H,7-8H2,1-2H3,(H2,22,24)(H,23,25). The molecule has 0 bridgehead atoms. The third-order valence-corrected chi connectivity index (χ3v) is 5.67. The van der Waals surface area contributed by atoms with Crippen molar-refractivity contribution in [1.29, 1.82) is 0 Å². The molecule has 0 radical (unpaired) electrons. The number of carbonyl (C=O) groups is 1. The van der Waals surface area contributed by atoms with Crippen molar-refractivity contribution in [3.8, 4) is 0 Å². The molecule has 2 aromatic rings. The van der Waals surface area contributed by atoms with Gasteiger partial charge in [-0.2, -0.15) is 0 Å². The van der Waals surface area contributed by atoms with Crippen LogP contribution in [-0.2, 0) is 5.54 Å². The molecule has 1 aliphatic rings. The molecule has 0 saturated carbocycles. The lowest BCUT2D eigenvalue weighted by Crippen LogP contribution is -2.29. The highest BCUT2D eigenvalue weighted by Crippen LogP contribution is 2.36. The Bertz CT molecular complexity index is 902. The van der Waals surface area contributed by atoms with E-state index in [0.29, 0.717) is 15.8 Å². The Kier molecular flexibility index (Phi) is 5.25. The number of amidine groups is 1. The monoisotopic (exact) mass is 391 g/mol. The molecular weight excluding hydrogens is 373 g/mol. The first-order chi connectivity index (χ1) is 12.3. The molecule has 1 unspecified atom stereocenters. The van der Waals surface area contributed by atoms with Crippen LogP contribution in [0.15, 0.2) is 41.4 Å². The summed E-state index contributed by atoms with van der Waals surface area (Å²) >= 11 is 7.49. The van der Waals surface area contributed by atoms with Gasteiger partial charge in [0.25, 0.3) is 5.91 Å². The normalized spacial score (nSPS) is 19.8. The Balaban J connectivity index is 1.89. The summed E-state index contributed by atoms with van der Waals surface area (Å²) in [5.41, 5.74) is 7.46. The van der Waals surface area contributed by atoms with Gasteiger partial charge in [0.2, 0.25) is 0 Å². The van der Waals surface area contributed by atoms with Crippen LogP contribution in [0.2, 0.25) is 5.02 Å². The van der Waals surface area contributed by atoms with Crippen molar-refractivity contribution in [2.45, 2.75) is 25.8 Å². The van der Waals surface area contributed by atoms with Gasteiger partial charge >= 0.3 is 0 Å². The van der Waals surface area contributed by atoms with Crippen LogP contribution in [0.3, 0.4) is 0 Å². The minimum Gasteiger partial charge on any atom is -0.379 e. The zero-order valence-electron chi connectivity index (χ0n) is 14.5. The number of nitrogens with two attached hydrogens (primary N) is 1. The number of benzene rings is 2. The highest BCUT2D eigenvalue weighted by Gasteiger charge is 2.30. The third-order valence-electron chi connectivity index (χ3n) is 4.45. The summed E-state index contributed by atoms with van der Waals surface area (Å²) in [6, 6.07) is 9.59. The van der Waals surface area contributed by atoms with Crippen LogP contribution in [0.1, 0.15) is 34.8 Å². The van der Waals surface area contributed by atoms with Crippen LogP contribution in [0.25, 0.3) is 0 Å². The van der Waals surface area contributed by atoms with Crippen molar-refractivity contribution >= 4 is 40.1 Å². The largest absolute Gasteiger partial charge is 0.379 e. The van der Waals surface area contributed by atoms with E-state index in [1.54, 1.807) is 30.3 Å². The minimum absolute atomic E-state index is 0.119. The summed E-state index contributed by atoms with van der Waals surface area (Å²) in [5, 5.41) is 3.74. The Morgan fingerprint density at radius 3 is 2.81 bits per heavy atom. The number of hydrogen-bond acceptors (Lipinski definition) is 4. The number of nitrogens with zero attached hydrogens (tertiary/aromatic N) is 1. The molecule has 136 valence electrons. The topological polar surface area (TPSA) is 67.5 Å². The number of aliphatic imine (C=N–C) groups is 1. The molecule has 0 fully saturated rings. The van der Waals surface area contributed by atoms with Crippen LogP contribution in [0.4, 0.5) is 10.1 Å². The van der Waals surface area contributed by atoms with Crippen LogP contribution >= 0.6 is 23.4 Å². The summed E-state index contributed by atoms with van der Waals surface area (Å²) in [4.78, 5) is 17.0. The summed E-state index contributed by atoms with van der Waals surface area (Å²) in [7, 11) is 0. The van der Waals surface area contributed by atoms with Gasteiger partial charge in [-0.25, -0.2) is 4.39 Å². The van der Waals surface area contributed by atoms with Crippen molar-refractivity contribution in [3.63, 3.8) is 0 Å². The SMILES string of the molecule is Cc1cc(C(=O)Nc2cc(C3(C)CCSC(N)=N3)ccc2F)ccc1Cl. The minimum atomic E-state index is -0.528. The zero-order valence-corrected chi connectivity index (χ0v) is 16.0. The molecule has 26 heavy (non-hydrogen) atoms. The van der Waals surface area contributed by atoms with E-state index in [9.17, 15) is 9.18 Å². The lowest BCUT2D eigenvalue weighted by molar-refractivity contribution is 0.102. The van der Waals surface area contributed by atoms with Crippen molar-refractivity contribution in [2.75, 3.05) is 11.1 Å². The number of anilines is 1. The van der Waals surface area contributed by atoms with Crippen LogP contribution in [0, 0.1) is 12.7 Å². The summed E-state index contributed by atoms with van der Waals surface area (Å²) in [5.74, 6) is -0.0544. The maximum absolute atomic E-state index is 14.3. The fourth-order valence-electron chi connectivity index (χ4n) is 2.83. The number of rotatable bonds is 3. The fraction of sp³-hybridized carbons (Fsp3) is 0.263. The number of thioether (sulfide) groups is 1. The van der Waals surface area contributed by atoms with Crippen molar-refractivity contribution in [3.05, 3.63) is 63.9 Å². The van der Waals surface area contributed by atoms with Crippen molar-refractivity contribution in [2.24, 2.45) is 10.7 Å². The molecule has 3 N–H and O–H groups in total. The van der Waals surface area contributed by atoms with E-state index in [2.05, 4.69) is 10.3 Å². The van der Waals surface area contributed by atoms with Crippen molar-refractivity contribution in [1.82, 2.24) is 0 Å². The molecule has 3 rings (SSSR count). The molecule has 4 nitrogen and oxygen atoms in total. The Morgan fingerprint density at radius 1 is 1.35 bits per heavy atom. The number of nitrogens with one attached hydrogen (secondary N) is 1. The molecule has 0 spiro atoms. The van der Waals surface area contributed by atoms with E-state index < -0.39 is 17.3 Å². The molecule has 1 amide bonds. The first-order valence-corrected chi connectivity index (χ1v) is 9.50. The van der Waals surface area contributed by atoms with Gasteiger partial charge in [0.1, 0.15) is 5.82 Å². The number of halogens is 2. The van der Waals surface area contributed by atoms with Gasteiger partial charge in [0.15, 0.2) is 5.17 Å². The third kappa shape index (κ3) is 3.86. The second-order valence-corrected chi connectivity index (χ2v) is 7.96. The summed E-state index contributed by atoms with van der Waals surface area (Å²) in [6.07, 6.45) is 0.785. The van der Waals surface area contributed by atoms with Gasteiger partial charge in [0.05, 0.1) is 11.2 Å². The molecule has 2 aromatic carbocycles.